The van der Waals surface area contributed by atoms with Crippen molar-refractivity contribution in [3.8, 4) is 56.4 Å². The van der Waals surface area contributed by atoms with Crippen molar-refractivity contribution in [3.05, 3.63) is 161 Å². The number of ether oxygens (including phenoxy) is 2. The summed E-state index contributed by atoms with van der Waals surface area (Å²) in [5, 5.41) is 0. The van der Waals surface area contributed by atoms with Gasteiger partial charge in [0.15, 0.2) is 28.8 Å². The van der Waals surface area contributed by atoms with Crippen LogP contribution in [0.5, 0.6) is 11.5 Å². The number of allylic oxidation sites excluding steroid dienone is 2. The Labute approximate surface area is 269 Å². The Morgan fingerprint density at radius 1 is 0.622 bits per heavy atom. The Morgan fingerprint density at radius 3 is 2.04 bits per heavy atom. The summed E-state index contributed by atoms with van der Waals surface area (Å²) in [5.74, 6) is 3.41. The van der Waals surface area contributed by atoms with Crippen LogP contribution in [0.15, 0.2) is 156 Å². The van der Waals surface area contributed by atoms with E-state index in [-0.39, 0.29) is 5.92 Å². The summed E-state index contributed by atoms with van der Waals surface area (Å²) in [4.78, 5) is 14.4. The van der Waals surface area contributed by atoms with Gasteiger partial charge >= 0.3 is 0 Å². The number of pyridine rings is 1. The molecule has 4 aromatic carbocycles. The lowest BCUT2D eigenvalue weighted by molar-refractivity contribution is 0.286. The molecule has 216 valence electrons. The Bertz CT molecular complexity index is 2080. The maximum Gasteiger partial charge on any atom is 0.171 e. The first-order valence-corrected chi connectivity index (χ1v) is 15.6. The molecule has 0 saturated carbocycles. The predicted octanol–water partition coefficient (Wildman–Crippen LogP) is 10.0. The Hall–Kier alpha value is -5.33. The second-order valence-electron chi connectivity index (χ2n) is 11.0. The number of rotatable bonds is 5. The van der Waals surface area contributed by atoms with Crippen LogP contribution in [-0.2, 0) is 0 Å². The summed E-state index contributed by atoms with van der Waals surface area (Å²) in [6.07, 6.45) is 8.53. The lowest BCUT2D eigenvalue weighted by atomic mass is 9.93. The van der Waals surface area contributed by atoms with Crippen molar-refractivity contribution >= 4 is 15.9 Å². The molecule has 1 unspecified atom stereocenters. The normalized spacial score (nSPS) is 15.1. The van der Waals surface area contributed by atoms with E-state index in [0.29, 0.717) is 28.8 Å². The molecule has 3 heterocycles. The van der Waals surface area contributed by atoms with Crippen LogP contribution >= 0.6 is 15.9 Å². The van der Waals surface area contributed by atoms with Crippen molar-refractivity contribution in [1.29, 1.82) is 0 Å². The molecule has 2 aliphatic rings. The third-order valence-corrected chi connectivity index (χ3v) is 8.70. The first-order valence-electron chi connectivity index (χ1n) is 14.8. The number of hydrogen-bond donors (Lipinski definition) is 0. The molecule has 5 nitrogen and oxygen atoms in total. The van der Waals surface area contributed by atoms with Crippen LogP contribution in [0.25, 0.3) is 44.9 Å². The van der Waals surface area contributed by atoms with E-state index in [0.717, 1.165) is 44.5 Å². The molecule has 8 rings (SSSR count). The fourth-order valence-electron chi connectivity index (χ4n) is 5.71. The molecular weight excluding hydrogens is 622 g/mol. The van der Waals surface area contributed by atoms with Gasteiger partial charge in [-0.1, -0.05) is 107 Å². The van der Waals surface area contributed by atoms with Gasteiger partial charge in [-0.05, 0) is 54.0 Å². The summed E-state index contributed by atoms with van der Waals surface area (Å²) in [6, 6.07) is 39.1. The molecule has 0 spiro atoms. The smallest absolute Gasteiger partial charge is 0.171 e. The molecule has 0 fully saturated rings. The van der Waals surface area contributed by atoms with Gasteiger partial charge in [0.1, 0.15) is 0 Å². The number of aromatic nitrogens is 3. The molecule has 0 saturated heterocycles. The summed E-state index contributed by atoms with van der Waals surface area (Å²) in [5.41, 5.74) is 8.14. The van der Waals surface area contributed by atoms with Crippen molar-refractivity contribution in [2.75, 3.05) is 0 Å². The second-order valence-corrected chi connectivity index (χ2v) is 11.8. The van der Waals surface area contributed by atoms with E-state index in [4.69, 9.17) is 19.4 Å². The van der Waals surface area contributed by atoms with Gasteiger partial charge in [-0.2, -0.15) is 0 Å². The third-order valence-electron chi connectivity index (χ3n) is 8.04. The highest BCUT2D eigenvalue weighted by molar-refractivity contribution is 9.10. The zero-order valence-electron chi connectivity index (χ0n) is 24.1. The molecule has 0 amide bonds. The van der Waals surface area contributed by atoms with Gasteiger partial charge in [-0.25, -0.2) is 9.97 Å². The third kappa shape index (κ3) is 5.45. The van der Waals surface area contributed by atoms with E-state index in [9.17, 15) is 0 Å². The molecular formula is C39H26BrN3O2. The van der Waals surface area contributed by atoms with E-state index >= 15 is 0 Å². The van der Waals surface area contributed by atoms with E-state index in [1.54, 1.807) is 6.20 Å². The molecule has 0 radical (unpaired) electrons. The summed E-state index contributed by atoms with van der Waals surface area (Å²) < 4.78 is 13.7. The number of benzene rings is 4. The van der Waals surface area contributed by atoms with Gasteiger partial charge in [-0.3, -0.25) is 4.98 Å². The van der Waals surface area contributed by atoms with Crippen LogP contribution in [-0.4, -0.2) is 15.0 Å². The van der Waals surface area contributed by atoms with Crippen LogP contribution in [0.3, 0.4) is 0 Å². The van der Waals surface area contributed by atoms with Gasteiger partial charge in [0.25, 0.3) is 0 Å². The topological polar surface area (TPSA) is 57.1 Å². The standard InChI is InChI=1S/C39H26BrN3O2/c40-32-22-38-37(21-31(32)30-12-7-19-41-24-30)45-36-20-29(17-18-35(36)44-38)34-23-33(42-39(43-34)28-10-5-2-6-11-28)27-15-13-26(14-16-27)25-8-3-1-4-9-25/h1-16,18-24,29H,17H2. The summed E-state index contributed by atoms with van der Waals surface area (Å²) in [6.45, 7) is 0. The van der Waals surface area contributed by atoms with Crippen LogP contribution in [0.2, 0.25) is 0 Å². The maximum absolute atomic E-state index is 6.47. The van der Waals surface area contributed by atoms with Crippen molar-refractivity contribution < 1.29 is 9.47 Å². The maximum atomic E-state index is 6.47. The molecule has 2 aromatic heterocycles. The summed E-state index contributed by atoms with van der Waals surface area (Å²) >= 11 is 3.70. The van der Waals surface area contributed by atoms with Gasteiger partial charge in [0, 0.05) is 45.0 Å². The number of halogens is 1. The average Bonchev–Trinajstić information content (AvgIpc) is 3.11. The van der Waals surface area contributed by atoms with Crippen LogP contribution < -0.4 is 9.47 Å². The lowest BCUT2D eigenvalue weighted by Crippen LogP contribution is -2.17. The number of fused-ring (bicyclic) bond motifs is 2. The summed E-state index contributed by atoms with van der Waals surface area (Å²) in [7, 11) is 0. The second kappa shape index (κ2) is 11.6. The highest BCUT2D eigenvalue weighted by Crippen LogP contribution is 2.45. The fraction of sp³-hybridized carbons (Fsp3) is 0.0513. The Balaban J connectivity index is 1.15. The van der Waals surface area contributed by atoms with Crippen molar-refractivity contribution in [3.63, 3.8) is 0 Å². The van der Waals surface area contributed by atoms with E-state index in [1.807, 2.05) is 66.9 Å². The van der Waals surface area contributed by atoms with E-state index < -0.39 is 0 Å². The number of hydrogen-bond acceptors (Lipinski definition) is 5. The molecule has 45 heavy (non-hydrogen) atoms. The molecule has 1 aliphatic heterocycles. The van der Waals surface area contributed by atoms with Crippen LogP contribution in [0, 0.1) is 0 Å². The van der Waals surface area contributed by atoms with E-state index in [1.165, 1.54) is 11.1 Å². The zero-order chi connectivity index (χ0) is 30.2. The Morgan fingerprint density at radius 2 is 1.29 bits per heavy atom. The number of nitrogens with zero attached hydrogens (tertiary/aromatic N) is 3. The molecule has 1 atom stereocenters. The minimum absolute atomic E-state index is 0.0186. The highest BCUT2D eigenvalue weighted by Gasteiger charge is 2.28. The molecule has 1 aliphatic carbocycles. The largest absolute Gasteiger partial charge is 0.450 e. The lowest BCUT2D eigenvalue weighted by Gasteiger charge is -2.28. The van der Waals surface area contributed by atoms with Crippen LogP contribution in [0.1, 0.15) is 18.0 Å². The van der Waals surface area contributed by atoms with Gasteiger partial charge < -0.3 is 9.47 Å². The fourth-order valence-corrected chi connectivity index (χ4v) is 6.26. The molecule has 0 bridgehead atoms. The molecule has 0 N–H and O–H groups in total. The first kappa shape index (κ1) is 27.2. The highest BCUT2D eigenvalue weighted by atomic mass is 79.9. The van der Waals surface area contributed by atoms with Crippen LogP contribution in [0.4, 0.5) is 0 Å². The quantitative estimate of drug-likeness (QED) is 0.186. The average molecular weight is 649 g/mol. The zero-order valence-corrected chi connectivity index (χ0v) is 25.7. The monoisotopic (exact) mass is 647 g/mol. The SMILES string of the molecule is Brc1cc2c(cc1-c1cccnc1)OC1=CC(c3cc(-c4ccc(-c5ccccc5)cc4)nc(-c4ccccc4)n3)CC=C1O2. The van der Waals surface area contributed by atoms with E-state index in [2.05, 4.69) is 87.7 Å². The Kier molecular flexibility index (Phi) is 7.04. The van der Waals surface area contributed by atoms with Crippen molar-refractivity contribution in [2.45, 2.75) is 12.3 Å². The minimum atomic E-state index is -0.0186. The minimum Gasteiger partial charge on any atom is -0.450 e. The van der Waals surface area contributed by atoms with Crippen molar-refractivity contribution in [2.24, 2.45) is 0 Å². The first-order chi connectivity index (χ1) is 22.2. The van der Waals surface area contributed by atoms with Gasteiger partial charge in [0.05, 0.1) is 11.4 Å². The molecule has 6 heteroatoms. The van der Waals surface area contributed by atoms with Crippen molar-refractivity contribution in [1.82, 2.24) is 15.0 Å². The molecule has 6 aromatic rings. The van der Waals surface area contributed by atoms with Gasteiger partial charge in [-0.15, -0.1) is 0 Å². The van der Waals surface area contributed by atoms with Gasteiger partial charge in [0.2, 0.25) is 0 Å². The predicted molar refractivity (Wildman–Crippen MR) is 180 cm³/mol.